The summed E-state index contributed by atoms with van der Waals surface area (Å²) in [5.74, 6) is -0.560. The van der Waals surface area contributed by atoms with Gasteiger partial charge in [-0.15, -0.1) is 0 Å². The Labute approximate surface area is 243 Å². The molecule has 41 heavy (non-hydrogen) atoms. The minimum Gasteiger partial charge on any atom is -0.507 e. The highest BCUT2D eigenvalue weighted by atomic mass is 31.2. The number of rotatable bonds is 13. The highest BCUT2D eigenvalue weighted by Gasteiger charge is 2.52. The molecule has 0 spiro atoms. The van der Waals surface area contributed by atoms with Crippen LogP contribution in [0.15, 0.2) is 66.3 Å². The van der Waals surface area contributed by atoms with Crippen molar-refractivity contribution in [1.29, 1.82) is 0 Å². The number of aromatic hydroxyl groups is 1. The predicted molar refractivity (Wildman–Crippen MR) is 160 cm³/mol. The molecular weight excluding hydrogens is 539 g/mol. The largest absolute Gasteiger partial charge is 0.507 e. The van der Waals surface area contributed by atoms with E-state index in [0.29, 0.717) is 17.5 Å². The maximum atomic E-state index is 13.7. The number of hydrogen-bond donors (Lipinski definition) is 2. The van der Waals surface area contributed by atoms with Gasteiger partial charge in [-0.05, 0) is 88.0 Å². The van der Waals surface area contributed by atoms with Crippen LogP contribution in [0, 0.1) is 5.92 Å². The van der Waals surface area contributed by atoms with Crippen LogP contribution < -0.4 is 4.74 Å². The Kier molecular flexibility index (Phi) is 10.3. The van der Waals surface area contributed by atoms with Gasteiger partial charge in [0.25, 0.3) is 0 Å². The van der Waals surface area contributed by atoms with Crippen molar-refractivity contribution in [1.82, 2.24) is 0 Å². The zero-order valence-electron chi connectivity index (χ0n) is 24.4. The molecular formula is C33H43O7P. The first kappa shape index (κ1) is 31.2. The van der Waals surface area contributed by atoms with E-state index >= 15 is 0 Å². The molecule has 7 nitrogen and oxygen atoms in total. The zero-order chi connectivity index (χ0) is 29.6. The molecule has 1 unspecified atom stereocenters. The monoisotopic (exact) mass is 582 g/mol. The van der Waals surface area contributed by atoms with E-state index in [1.807, 2.05) is 19.1 Å². The Morgan fingerprint density at radius 3 is 2.51 bits per heavy atom. The molecule has 0 radical (unpaired) electrons. The van der Waals surface area contributed by atoms with Crippen molar-refractivity contribution in [3.05, 3.63) is 83.0 Å². The molecule has 0 bridgehead atoms. The molecule has 3 atom stereocenters. The number of carbonyl (C=O) groups is 1. The molecule has 8 heteroatoms. The number of ether oxygens (including phenoxy) is 1. The molecule has 0 saturated heterocycles. The van der Waals surface area contributed by atoms with E-state index in [0.717, 1.165) is 49.7 Å². The van der Waals surface area contributed by atoms with Crippen molar-refractivity contribution in [2.45, 2.75) is 96.7 Å². The third-order valence-electron chi connectivity index (χ3n) is 8.23. The lowest BCUT2D eigenvalue weighted by Crippen LogP contribution is -2.49. The summed E-state index contributed by atoms with van der Waals surface area (Å²) < 4.78 is 29.7. The standard InChI is InChI=1S/C33H43O7P/c1-5-6-8-14-26-20-29(34)31(28-19-24(4)15-16-27(28)23(2)3)30(21-26)39-32(35)33(17-11-18-33)40-41(36,37)38-22-25-12-9-7-10-13-25/h7,9-10,12-13,19-21,27-28,34H,2,5-6,8,11,14-18,22H2,1,3-4H3,(H,36,37)/t27-,28+/m0/s1. The number of phosphoric acid groups is 1. The third kappa shape index (κ3) is 7.78. The van der Waals surface area contributed by atoms with Crippen LogP contribution in [0.3, 0.4) is 0 Å². The first-order chi connectivity index (χ1) is 19.5. The number of esters is 1. The van der Waals surface area contributed by atoms with Gasteiger partial charge >= 0.3 is 13.8 Å². The lowest BCUT2D eigenvalue weighted by molar-refractivity contribution is -0.163. The summed E-state index contributed by atoms with van der Waals surface area (Å²) in [6.07, 6.45) is 8.84. The summed E-state index contributed by atoms with van der Waals surface area (Å²) in [4.78, 5) is 24.2. The number of allylic oxidation sites excluding steroid dienone is 3. The van der Waals surface area contributed by atoms with Crippen molar-refractivity contribution in [3.8, 4) is 11.5 Å². The van der Waals surface area contributed by atoms with Gasteiger partial charge in [-0.2, -0.15) is 0 Å². The van der Waals surface area contributed by atoms with E-state index in [2.05, 4.69) is 26.5 Å². The summed E-state index contributed by atoms with van der Waals surface area (Å²) in [6.45, 7) is 10.2. The fraction of sp³-hybridized carbons (Fsp3) is 0.485. The average molecular weight is 583 g/mol. The number of benzene rings is 2. The minimum absolute atomic E-state index is 0.0750. The number of carbonyl (C=O) groups excluding carboxylic acids is 1. The van der Waals surface area contributed by atoms with Crippen molar-refractivity contribution in [3.63, 3.8) is 0 Å². The number of unbranched alkanes of at least 4 members (excludes halogenated alkanes) is 2. The van der Waals surface area contributed by atoms with Crippen LogP contribution in [-0.2, 0) is 31.4 Å². The van der Waals surface area contributed by atoms with Crippen LogP contribution >= 0.6 is 7.82 Å². The lowest BCUT2D eigenvalue weighted by Gasteiger charge is -2.39. The van der Waals surface area contributed by atoms with E-state index in [1.165, 1.54) is 5.57 Å². The second-order valence-electron chi connectivity index (χ2n) is 11.6. The summed E-state index contributed by atoms with van der Waals surface area (Å²) in [5, 5.41) is 11.3. The highest BCUT2D eigenvalue weighted by molar-refractivity contribution is 7.47. The van der Waals surface area contributed by atoms with Gasteiger partial charge in [-0.3, -0.25) is 9.05 Å². The van der Waals surface area contributed by atoms with Crippen LogP contribution in [0.5, 0.6) is 11.5 Å². The predicted octanol–water partition coefficient (Wildman–Crippen LogP) is 8.30. The van der Waals surface area contributed by atoms with Gasteiger partial charge < -0.3 is 14.7 Å². The SMILES string of the molecule is C=C(C)[C@@H]1CCC(C)=C[C@H]1c1c(O)cc(CCCCC)cc1OC(=O)C1(OP(=O)(O)OCc2ccccc2)CCC1. The maximum Gasteiger partial charge on any atom is 0.473 e. The van der Waals surface area contributed by atoms with Crippen LogP contribution in [0.1, 0.15) is 94.7 Å². The quantitative estimate of drug-likeness (QED) is 0.0805. The summed E-state index contributed by atoms with van der Waals surface area (Å²) in [6, 6.07) is 12.6. The summed E-state index contributed by atoms with van der Waals surface area (Å²) >= 11 is 0. The van der Waals surface area contributed by atoms with Gasteiger partial charge in [0.05, 0.1) is 6.61 Å². The smallest absolute Gasteiger partial charge is 0.473 e. The minimum atomic E-state index is -4.58. The van der Waals surface area contributed by atoms with Crippen LogP contribution in [0.4, 0.5) is 0 Å². The van der Waals surface area contributed by atoms with Gasteiger partial charge in [0, 0.05) is 11.5 Å². The molecule has 2 aliphatic rings. The molecule has 2 N–H and O–H groups in total. The molecule has 222 valence electrons. The van der Waals surface area contributed by atoms with Gasteiger partial charge in [0.15, 0.2) is 5.60 Å². The number of aryl methyl sites for hydroxylation is 1. The molecule has 4 rings (SSSR count). The van der Waals surface area contributed by atoms with Crippen LogP contribution in [0.2, 0.25) is 0 Å². The molecule has 0 amide bonds. The third-order valence-corrected chi connectivity index (χ3v) is 9.26. The number of phenolic OH excluding ortho intramolecular Hbond substituents is 1. The lowest BCUT2D eigenvalue weighted by atomic mass is 9.73. The first-order valence-corrected chi connectivity index (χ1v) is 16.2. The van der Waals surface area contributed by atoms with E-state index in [9.17, 15) is 19.4 Å². The molecule has 1 saturated carbocycles. The molecule has 0 aromatic heterocycles. The average Bonchev–Trinajstić information content (AvgIpc) is 2.90. The Balaban J connectivity index is 1.63. The van der Waals surface area contributed by atoms with Crippen molar-refractivity contribution in [2.24, 2.45) is 5.92 Å². The number of phenols is 1. The number of hydrogen-bond acceptors (Lipinski definition) is 6. The van der Waals surface area contributed by atoms with E-state index in [1.54, 1.807) is 30.3 Å². The van der Waals surface area contributed by atoms with E-state index in [-0.39, 0.29) is 42.8 Å². The fourth-order valence-electron chi connectivity index (χ4n) is 5.72. The van der Waals surface area contributed by atoms with Crippen molar-refractivity contribution in [2.75, 3.05) is 0 Å². The van der Waals surface area contributed by atoms with Crippen molar-refractivity contribution >= 4 is 13.8 Å². The second kappa shape index (κ2) is 13.5. The normalized spacial score (nSPS) is 21.3. The molecule has 0 heterocycles. The molecule has 1 fully saturated rings. The van der Waals surface area contributed by atoms with E-state index in [4.69, 9.17) is 13.8 Å². The second-order valence-corrected chi connectivity index (χ2v) is 12.9. The zero-order valence-corrected chi connectivity index (χ0v) is 25.3. The summed E-state index contributed by atoms with van der Waals surface area (Å²) in [5.41, 5.74) is 2.71. The molecule has 2 aromatic carbocycles. The Morgan fingerprint density at radius 1 is 1.15 bits per heavy atom. The first-order valence-electron chi connectivity index (χ1n) is 14.7. The van der Waals surface area contributed by atoms with Crippen LogP contribution in [0.25, 0.3) is 0 Å². The Morgan fingerprint density at radius 2 is 1.88 bits per heavy atom. The van der Waals surface area contributed by atoms with Crippen molar-refractivity contribution < 1.29 is 33.1 Å². The Hall–Kier alpha value is -2.70. The van der Waals surface area contributed by atoms with Gasteiger partial charge in [-0.25, -0.2) is 9.36 Å². The van der Waals surface area contributed by atoms with E-state index < -0.39 is 19.4 Å². The molecule has 0 aliphatic heterocycles. The Bertz CT molecular complexity index is 1310. The molecule has 2 aliphatic carbocycles. The fourth-order valence-corrected chi connectivity index (χ4v) is 6.78. The number of phosphoric ester groups is 1. The van der Waals surface area contributed by atoms with Gasteiger partial charge in [-0.1, -0.05) is 73.9 Å². The maximum absolute atomic E-state index is 13.7. The topological polar surface area (TPSA) is 102 Å². The van der Waals surface area contributed by atoms with Gasteiger partial charge in [0.1, 0.15) is 11.5 Å². The van der Waals surface area contributed by atoms with Crippen LogP contribution in [-0.4, -0.2) is 21.6 Å². The summed E-state index contributed by atoms with van der Waals surface area (Å²) in [7, 11) is -4.58. The van der Waals surface area contributed by atoms with Gasteiger partial charge in [0.2, 0.25) is 0 Å². The highest BCUT2D eigenvalue weighted by Crippen LogP contribution is 2.54. The molecule has 2 aromatic rings.